The molecule has 3 nitrogen and oxygen atoms in total. The predicted molar refractivity (Wildman–Crippen MR) is 78.7 cm³/mol. The molecule has 0 aliphatic carbocycles. The minimum atomic E-state index is -4.12. The van der Waals surface area contributed by atoms with Crippen LogP contribution in [0.4, 0.5) is 18.9 Å². The van der Waals surface area contributed by atoms with E-state index in [0.29, 0.717) is 22.2 Å². The van der Waals surface area contributed by atoms with Crippen molar-refractivity contribution in [3.05, 3.63) is 47.5 Å². The number of halogens is 5. The van der Waals surface area contributed by atoms with E-state index in [1.165, 1.54) is 30.3 Å². The molecule has 1 unspecified atom stereocenters. The van der Waals surface area contributed by atoms with Crippen LogP contribution in [0.3, 0.4) is 0 Å². The summed E-state index contributed by atoms with van der Waals surface area (Å²) >= 11 is 10.6. The number of nitrogens with two attached hydrogens (primary N) is 1. The molecule has 0 aliphatic rings. The van der Waals surface area contributed by atoms with Gasteiger partial charge in [-0.15, -0.1) is 0 Å². The van der Waals surface area contributed by atoms with Gasteiger partial charge in [0.15, 0.2) is 0 Å². The van der Waals surface area contributed by atoms with E-state index >= 15 is 0 Å². The monoisotopic (exact) mass is 351 g/mol. The zero-order valence-electron chi connectivity index (χ0n) is 10.9. The van der Waals surface area contributed by atoms with Gasteiger partial charge in [0.1, 0.15) is 17.2 Å². The molecule has 1 atom stereocenters. The molecule has 0 heterocycles. The van der Waals surface area contributed by atoms with E-state index in [2.05, 4.69) is 4.74 Å². The Bertz CT molecular complexity index is 651. The minimum Gasteiger partial charge on any atom is -0.456 e. The highest BCUT2D eigenvalue weighted by Gasteiger charge is 2.42. The maximum Gasteiger partial charge on any atom is 0.444 e. The molecule has 0 aromatic heterocycles. The third kappa shape index (κ3) is 4.11. The van der Waals surface area contributed by atoms with Crippen LogP contribution < -0.4 is 15.2 Å². The van der Waals surface area contributed by atoms with Crippen molar-refractivity contribution in [1.82, 2.24) is 0 Å². The largest absolute Gasteiger partial charge is 0.456 e. The summed E-state index contributed by atoms with van der Waals surface area (Å²) in [5.41, 5.74) is 3.08. The summed E-state index contributed by atoms with van der Waals surface area (Å²) in [6.45, 7) is 0. The zero-order chi connectivity index (χ0) is 16.3. The number of hydrogen-bond donors (Lipinski definition) is 1. The van der Waals surface area contributed by atoms with Gasteiger partial charge >= 0.3 is 6.11 Å². The number of anilines is 1. The molecule has 8 heteroatoms. The van der Waals surface area contributed by atoms with E-state index in [9.17, 15) is 13.2 Å². The number of benzene rings is 2. The first-order chi connectivity index (χ1) is 10.3. The smallest absolute Gasteiger partial charge is 0.444 e. The summed E-state index contributed by atoms with van der Waals surface area (Å²) in [7, 11) is 0. The van der Waals surface area contributed by atoms with Crippen LogP contribution in [0.25, 0.3) is 0 Å². The van der Waals surface area contributed by atoms with Crippen LogP contribution in [0, 0.1) is 0 Å². The van der Waals surface area contributed by atoms with Gasteiger partial charge in [-0.2, -0.15) is 8.78 Å². The fraction of sp³-hybridized carbons (Fsp3) is 0.143. The lowest BCUT2D eigenvalue weighted by Gasteiger charge is -2.17. The van der Waals surface area contributed by atoms with Gasteiger partial charge in [-0.25, -0.2) is 4.39 Å². The number of nitrogen functional groups attached to an aromatic ring is 1. The van der Waals surface area contributed by atoms with Gasteiger partial charge in [-0.05, 0) is 42.5 Å². The van der Waals surface area contributed by atoms with E-state index in [4.69, 9.17) is 33.7 Å². The lowest BCUT2D eigenvalue weighted by Crippen LogP contribution is -2.32. The predicted octanol–water partition coefficient (Wildman–Crippen LogP) is 5.22. The second-order valence-electron chi connectivity index (χ2n) is 4.23. The lowest BCUT2D eigenvalue weighted by atomic mass is 10.3. The Hall–Kier alpha value is -1.79. The Morgan fingerprint density at radius 3 is 2.18 bits per heavy atom. The maximum atomic E-state index is 13.0. The quantitative estimate of drug-likeness (QED) is 0.593. The van der Waals surface area contributed by atoms with Crippen molar-refractivity contribution in [3.63, 3.8) is 0 Å². The molecule has 118 valence electrons. The lowest BCUT2D eigenvalue weighted by molar-refractivity contribution is -0.199. The van der Waals surface area contributed by atoms with Gasteiger partial charge < -0.3 is 15.2 Å². The molecule has 2 N–H and O–H groups in total. The Morgan fingerprint density at radius 2 is 1.64 bits per heavy atom. The summed E-state index contributed by atoms with van der Waals surface area (Å²) in [6.07, 6.45) is -4.12. The second kappa shape index (κ2) is 6.54. The molecule has 0 saturated carbocycles. The highest BCUT2D eigenvalue weighted by atomic mass is 35.5. The first kappa shape index (κ1) is 16.6. The molecule has 0 fully saturated rings. The Kier molecular flexibility index (Phi) is 4.93. The Labute approximate surface area is 134 Å². The van der Waals surface area contributed by atoms with Crippen LogP contribution in [0.5, 0.6) is 17.2 Å². The third-order valence-corrected chi connectivity index (χ3v) is 3.06. The van der Waals surface area contributed by atoms with Crippen molar-refractivity contribution >= 4 is 28.9 Å². The van der Waals surface area contributed by atoms with Gasteiger partial charge in [0.05, 0.1) is 5.02 Å². The van der Waals surface area contributed by atoms with E-state index < -0.39 is 11.7 Å². The van der Waals surface area contributed by atoms with E-state index in [-0.39, 0.29) is 5.75 Å². The van der Waals surface area contributed by atoms with Crippen molar-refractivity contribution in [2.75, 3.05) is 5.73 Å². The number of alkyl halides is 4. The standard InChI is InChI=1S/C14H10Cl2F3NO2/c15-11-7-8(20)1-6-12(11)21-9-2-4-10(5-3-9)22-14(18,19)13(16)17/h1-7,13H,20H2. The number of rotatable bonds is 5. The number of hydrogen-bond acceptors (Lipinski definition) is 3. The Morgan fingerprint density at radius 1 is 1.05 bits per heavy atom. The molecule has 0 amide bonds. The van der Waals surface area contributed by atoms with Gasteiger partial charge in [-0.1, -0.05) is 23.2 Å². The molecular weight excluding hydrogens is 342 g/mol. The summed E-state index contributed by atoms with van der Waals surface area (Å²) in [5, 5.41) is 0.300. The topological polar surface area (TPSA) is 44.5 Å². The molecule has 0 spiro atoms. The van der Waals surface area contributed by atoms with Crippen LogP contribution in [-0.2, 0) is 0 Å². The van der Waals surface area contributed by atoms with Crippen LogP contribution >= 0.6 is 23.2 Å². The zero-order valence-corrected chi connectivity index (χ0v) is 12.4. The second-order valence-corrected chi connectivity index (χ2v) is 5.02. The van der Waals surface area contributed by atoms with Crippen LogP contribution in [0.2, 0.25) is 5.02 Å². The van der Waals surface area contributed by atoms with E-state index in [1.807, 2.05) is 0 Å². The molecule has 2 aromatic carbocycles. The average molecular weight is 352 g/mol. The van der Waals surface area contributed by atoms with Gasteiger partial charge in [0.2, 0.25) is 0 Å². The average Bonchev–Trinajstić information content (AvgIpc) is 2.43. The highest BCUT2D eigenvalue weighted by Crippen LogP contribution is 2.33. The summed E-state index contributed by atoms with van der Waals surface area (Å²) < 4.78 is 48.0. The van der Waals surface area contributed by atoms with Gasteiger partial charge in [0, 0.05) is 5.69 Å². The molecule has 0 radical (unpaired) electrons. The first-order valence-electron chi connectivity index (χ1n) is 5.96. The molecule has 0 bridgehead atoms. The normalized spacial score (nSPS) is 12.8. The maximum absolute atomic E-state index is 13.0. The van der Waals surface area contributed by atoms with Gasteiger partial charge in [0.25, 0.3) is 5.63 Å². The van der Waals surface area contributed by atoms with Gasteiger partial charge in [-0.3, -0.25) is 0 Å². The van der Waals surface area contributed by atoms with Crippen molar-refractivity contribution in [3.8, 4) is 17.2 Å². The highest BCUT2D eigenvalue weighted by molar-refractivity contribution is 6.32. The van der Waals surface area contributed by atoms with Crippen molar-refractivity contribution < 1.29 is 22.6 Å². The molecule has 2 rings (SSSR count). The van der Waals surface area contributed by atoms with Crippen molar-refractivity contribution in [2.45, 2.75) is 11.7 Å². The minimum absolute atomic E-state index is 0.260. The van der Waals surface area contributed by atoms with Crippen molar-refractivity contribution in [1.29, 1.82) is 0 Å². The SMILES string of the molecule is Nc1ccc(Oc2ccc(OC(F)(F)C(F)Cl)cc2)c(Cl)c1. The fourth-order valence-corrected chi connectivity index (χ4v) is 1.78. The summed E-state index contributed by atoms with van der Waals surface area (Å²) in [4.78, 5) is 0. The van der Waals surface area contributed by atoms with E-state index in [0.717, 1.165) is 0 Å². The van der Waals surface area contributed by atoms with Crippen LogP contribution in [0.1, 0.15) is 0 Å². The molecular formula is C14H10Cl2F3NO2. The fourth-order valence-electron chi connectivity index (χ4n) is 1.50. The number of ether oxygens (including phenoxy) is 2. The third-order valence-electron chi connectivity index (χ3n) is 2.52. The molecule has 0 aliphatic heterocycles. The summed E-state index contributed by atoms with van der Waals surface area (Å²) in [5.74, 6) is 0.411. The molecule has 0 saturated heterocycles. The first-order valence-corrected chi connectivity index (χ1v) is 6.77. The van der Waals surface area contributed by atoms with Crippen LogP contribution in [0.15, 0.2) is 42.5 Å². The van der Waals surface area contributed by atoms with Crippen molar-refractivity contribution in [2.24, 2.45) is 0 Å². The Balaban J connectivity index is 2.09. The molecule has 22 heavy (non-hydrogen) atoms. The van der Waals surface area contributed by atoms with Crippen LogP contribution in [-0.4, -0.2) is 11.7 Å². The summed E-state index contributed by atoms with van der Waals surface area (Å²) in [6, 6.07) is 9.77. The van der Waals surface area contributed by atoms with E-state index in [1.54, 1.807) is 12.1 Å². The molecule has 2 aromatic rings.